The first-order valence-electron chi connectivity index (χ1n) is 14.5. The van der Waals surface area contributed by atoms with E-state index in [0.29, 0.717) is 28.9 Å². The fourth-order valence-electron chi connectivity index (χ4n) is 5.86. The van der Waals surface area contributed by atoms with Crippen LogP contribution in [0.5, 0.6) is 11.5 Å². The molecule has 224 valence electrons. The van der Waals surface area contributed by atoms with Crippen molar-refractivity contribution < 1.29 is 14.3 Å². The lowest BCUT2D eigenvalue weighted by Gasteiger charge is -2.40. The van der Waals surface area contributed by atoms with Crippen LogP contribution in [0.15, 0.2) is 107 Å². The number of hydrogen-bond acceptors (Lipinski definition) is 8. The van der Waals surface area contributed by atoms with Crippen LogP contribution in [0.2, 0.25) is 0 Å². The van der Waals surface area contributed by atoms with Crippen molar-refractivity contribution in [3.63, 3.8) is 0 Å². The summed E-state index contributed by atoms with van der Waals surface area (Å²) in [6.07, 6.45) is 0. The Balaban J connectivity index is 1.44. The topological polar surface area (TPSA) is 105 Å². The van der Waals surface area contributed by atoms with Crippen LogP contribution in [-0.4, -0.2) is 41.6 Å². The first-order valence-corrected chi connectivity index (χ1v) is 14.5. The molecule has 0 saturated carbocycles. The standard InChI is InChI=1S/C35H31N7O3/c1-21-31-32(23-14-19-29(44-3)30(20-23)45-4)41-28-13-9-8-12-27(28)38-33(37-25-17-15-24(16-18-25)36-22(2)43)35(41)39-34(31)42(40-21)26-10-6-5-7-11-26/h5-20,32H,1-4H3,(H,36,43)(H,37,38). The van der Waals surface area contributed by atoms with Crippen LogP contribution in [0.1, 0.15) is 29.8 Å². The minimum atomic E-state index is -0.319. The molecule has 10 nitrogen and oxygen atoms in total. The molecular weight excluding hydrogens is 566 g/mol. The van der Waals surface area contributed by atoms with Crippen molar-refractivity contribution in [2.24, 2.45) is 9.98 Å². The van der Waals surface area contributed by atoms with Gasteiger partial charge in [-0.2, -0.15) is 5.10 Å². The minimum absolute atomic E-state index is 0.126. The highest BCUT2D eigenvalue weighted by atomic mass is 16.5. The number of aryl methyl sites for hydroxylation is 1. The second-order valence-corrected chi connectivity index (χ2v) is 10.7. The molecule has 1 unspecified atom stereocenters. The molecule has 7 rings (SSSR count). The van der Waals surface area contributed by atoms with E-state index in [1.807, 2.05) is 96.5 Å². The lowest BCUT2D eigenvalue weighted by molar-refractivity contribution is -0.114. The van der Waals surface area contributed by atoms with Gasteiger partial charge in [-0.1, -0.05) is 36.4 Å². The van der Waals surface area contributed by atoms with Gasteiger partial charge in [0.1, 0.15) is 0 Å². The van der Waals surface area contributed by atoms with E-state index in [1.54, 1.807) is 14.2 Å². The number of fused-ring (bicyclic) bond motifs is 4. The second kappa shape index (κ2) is 11.3. The highest BCUT2D eigenvalue weighted by molar-refractivity contribution is 6.51. The lowest BCUT2D eigenvalue weighted by atomic mass is 9.93. The normalized spacial score (nSPS) is 14.8. The Morgan fingerprint density at radius 3 is 2.27 bits per heavy atom. The Kier molecular flexibility index (Phi) is 7.01. The monoisotopic (exact) mass is 597 g/mol. The SMILES string of the molecule is COc1ccc(C2c3c(C)nn(-c4ccccc4)c3N=C3C(Nc4ccc(NC(C)=O)cc4)=Nc4ccccc4N32)cc1OC. The summed E-state index contributed by atoms with van der Waals surface area (Å²) in [6, 6.07) is 31.2. The molecule has 4 aromatic carbocycles. The van der Waals surface area contributed by atoms with Crippen molar-refractivity contribution in [2.45, 2.75) is 19.9 Å². The van der Waals surface area contributed by atoms with Gasteiger partial charge in [-0.3, -0.25) is 4.79 Å². The molecule has 5 aromatic rings. The fraction of sp³-hybridized carbons (Fsp3) is 0.143. The number of para-hydroxylation sites is 3. The largest absolute Gasteiger partial charge is 0.493 e. The number of ether oxygens (including phenoxy) is 2. The zero-order chi connectivity index (χ0) is 31.1. The number of carbonyl (C=O) groups excluding carboxylic acids is 1. The van der Waals surface area contributed by atoms with Crippen LogP contribution < -0.4 is 25.0 Å². The molecule has 0 spiro atoms. The van der Waals surface area contributed by atoms with Gasteiger partial charge in [0.25, 0.3) is 0 Å². The van der Waals surface area contributed by atoms with Crippen LogP contribution in [0.3, 0.4) is 0 Å². The number of amides is 1. The molecule has 0 bridgehead atoms. The molecule has 0 saturated heterocycles. The summed E-state index contributed by atoms with van der Waals surface area (Å²) < 4.78 is 13.2. The molecule has 3 heterocycles. The van der Waals surface area contributed by atoms with Gasteiger partial charge in [0.2, 0.25) is 5.91 Å². The first-order chi connectivity index (χ1) is 21.9. The Labute approximate surface area is 260 Å². The van der Waals surface area contributed by atoms with E-state index < -0.39 is 0 Å². The molecular formula is C35H31N7O3. The number of rotatable bonds is 6. The van der Waals surface area contributed by atoms with Crippen LogP contribution in [-0.2, 0) is 4.79 Å². The smallest absolute Gasteiger partial charge is 0.221 e. The molecule has 0 radical (unpaired) electrons. The van der Waals surface area contributed by atoms with Crippen LogP contribution in [0, 0.1) is 6.92 Å². The molecule has 1 amide bonds. The van der Waals surface area contributed by atoms with Gasteiger partial charge in [-0.25, -0.2) is 14.7 Å². The maximum Gasteiger partial charge on any atom is 0.221 e. The summed E-state index contributed by atoms with van der Waals surface area (Å²) in [5.41, 5.74) is 6.95. The predicted molar refractivity (Wildman–Crippen MR) is 177 cm³/mol. The maximum absolute atomic E-state index is 11.6. The molecule has 0 fully saturated rings. The van der Waals surface area contributed by atoms with E-state index in [-0.39, 0.29) is 11.9 Å². The highest BCUT2D eigenvalue weighted by Gasteiger charge is 2.41. The molecule has 2 N–H and O–H groups in total. The van der Waals surface area contributed by atoms with Crippen molar-refractivity contribution >= 4 is 46.1 Å². The third-order valence-corrected chi connectivity index (χ3v) is 7.83. The number of amidine groups is 2. The molecule has 0 aliphatic carbocycles. The number of aliphatic imine (C=N–C) groups is 2. The molecule has 10 heteroatoms. The Morgan fingerprint density at radius 2 is 1.53 bits per heavy atom. The number of hydrogen-bond donors (Lipinski definition) is 2. The van der Waals surface area contributed by atoms with Gasteiger partial charge in [-0.15, -0.1) is 0 Å². The summed E-state index contributed by atoms with van der Waals surface area (Å²) in [5.74, 6) is 3.09. The van der Waals surface area contributed by atoms with Gasteiger partial charge >= 0.3 is 0 Å². The van der Waals surface area contributed by atoms with Gasteiger partial charge in [-0.05, 0) is 73.2 Å². The van der Waals surface area contributed by atoms with E-state index in [1.165, 1.54) is 6.92 Å². The van der Waals surface area contributed by atoms with Gasteiger partial charge in [0.15, 0.2) is 29.0 Å². The summed E-state index contributed by atoms with van der Waals surface area (Å²) in [4.78, 5) is 24.1. The van der Waals surface area contributed by atoms with Gasteiger partial charge in [0, 0.05) is 23.9 Å². The van der Waals surface area contributed by atoms with E-state index in [4.69, 9.17) is 24.6 Å². The van der Waals surface area contributed by atoms with Crippen molar-refractivity contribution in [2.75, 3.05) is 29.8 Å². The summed E-state index contributed by atoms with van der Waals surface area (Å²) in [6.45, 7) is 3.51. The van der Waals surface area contributed by atoms with Crippen LogP contribution in [0.4, 0.5) is 28.6 Å². The average Bonchev–Trinajstić information content (AvgIpc) is 3.40. The first kappa shape index (κ1) is 27.9. The number of carbonyl (C=O) groups is 1. The average molecular weight is 598 g/mol. The summed E-state index contributed by atoms with van der Waals surface area (Å²) in [7, 11) is 3.27. The van der Waals surface area contributed by atoms with Crippen LogP contribution in [0.25, 0.3) is 5.69 Å². The van der Waals surface area contributed by atoms with Crippen molar-refractivity contribution in [1.29, 1.82) is 0 Å². The van der Waals surface area contributed by atoms with E-state index in [9.17, 15) is 4.79 Å². The molecule has 45 heavy (non-hydrogen) atoms. The maximum atomic E-state index is 11.6. The Hall–Kier alpha value is -5.90. The number of nitrogens with one attached hydrogen (secondary N) is 2. The Morgan fingerprint density at radius 1 is 0.822 bits per heavy atom. The van der Waals surface area contributed by atoms with E-state index >= 15 is 0 Å². The van der Waals surface area contributed by atoms with Crippen molar-refractivity contribution in [1.82, 2.24) is 9.78 Å². The van der Waals surface area contributed by atoms with Crippen molar-refractivity contribution in [3.05, 3.63) is 114 Å². The zero-order valence-electron chi connectivity index (χ0n) is 25.3. The lowest BCUT2D eigenvalue weighted by Crippen LogP contribution is -2.46. The Bertz CT molecular complexity index is 1980. The van der Waals surface area contributed by atoms with Crippen molar-refractivity contribution in [3.8, 4) is 17.2 Å². The quantitative estimate of drug-likeness (QED) is 0.219. The zero-order valence-corrected chi connectivity index (χ0v) is 25.3. The summed E-state index contributed by atoms with van der Waals surface area (Å²) >= 11 is 0. The van der Waals surface area contributed by atoms with Gasteiger partial charge < -0.3 is 25.0 Å². The summed E-state index contributed by atoms with van der Waals surface area (Å²) in [5, 5.41) is 11.3. The number of benzene rings is 4. The number of nitrogens with zero attached hydrogens (tertiary/aromatic N) is 5. The van der Waals surface area contributed by atoms with Gasteiger partial charge in [0.05, 0.1) is 43.0 Å². The third-order valence-electron chi connectivity index (χ3n) is 7.83. The minimum Gasteiger partial charge on any atom is -0.493 e. The predicted octanol–water partition coefficient (Wildman–Crippen LogP) is 6.95. The third kappa shape index (κ3) is 4.96. The van der Waals surface area contributed by atoms with E-state index in [0.717, 1.165) is 45.4 Å². The number of anilines is 3. The van der Waals surface area contributed by atoms with E-state index in [2.05, 4.69) is 27.7 Å². The fourth-order valence-corrected chi connectivity index (χ4v) is 5.86. The molecule has 2 aliphatic heterocycles. The molecule has 1 aromatic heterocycles. The van der Waals surface area contributed by atoms with Crippen LogP contribution >= 0.6 is 0 Å². The second-order valence-electron chi connectivity index (χ2n) is 10.7. The highest BCUT2D eigenvalue weighted by Crippen LogP contribution is 2.49. The molecule has 2 aliphatic rings. The molecule has 1 atom stereocenters. The number of methoxy groups -OCH3 is 2. The number of aromatic nitrogens is 2.